The predicted octanol–water partition coefficient (Wildman–Crippen LogP) is 4.44. The first-order valence-electron chi connectivity index (χ1n) is 9.39. The summed E-state index contributed by atoms with van der Waals surface area (Å²) in [6.45, 7) is 0. The number of benzene rings is 2. The minimum Gasteiger partial charge on any atom is -0.469 e. The maximum atomic E-state index is 11.8. The quantitative estimate of drug-likeness (QED) is 0.270. The maximum Gasteiger partial charge on any atom is 0.305 e. The van der Waals surface area contributed by atoms with Crippen molar-refractivity contribution in [3.8, 4) is 11.5 Å². The molecule has 2 rings (SSSR count). The van der Waals surface area contributed by atoms with Crippen LogP contribution in [0.4, 0.5) is 0 Å². The van der Waals surface area contributed by atoms with Crippen LogP contribution in [0.1, 0.15) is 44.1 Å². The van der Waals surface area contributed by atoms with Crippen molar-refractivity contribution in [3.63, 3.8) is 0 Å². The zero-order valence-electron chi connectivity index (χ0n) is 16.1. The van der Waals surface area contributed by atoms with E-state index in [9.17, 15) is 9.59 Å². The Morgan fingerprint density at radius 3 is 2.21 bits per heavy atom. The fraction of sp³-hybridized carbons (Fsp3) is 0.318. The number of methoxy groups -OCH3 is 1. The highest BCUT2D eigenvalue weighted by atomic mass is 16.5. The van der Waals surface area contributed by atoms with Gasteiger partial charge in [-0.25, -0.2) is 5.43 Å². The Bertz CT molecular complexity index is 758. The molecule has 28 heavy (non-hydrogen) atoms. The van der Waals surface area contributed by atoms with Gasteiger partial charge in [-0.05, 0) is 54.8 Å². The second kappa shape index (κ2) is 12.3. The van der Waals surface area contributed by atoms with Gasteiger partial charge in [-0.3, -0.25) is 9.59 Å². The van der Waals surface area contributed by atoms with Crippen molar-refractivity contribution in [2.75, 3.05) is 7.11 Å². The highest BCUT2D eigenvalue weighted by molar-refractivity contribution is 5.82. The van der Waals surface area contributed by atoms with E-state index in [1.54, 1.807) is 6.21 Å². The van der Waals surface area contributed by atoms with E-state index < -0.39 is 0 Å². The number of hydrogen-bond acceptors (Lipinski definition) is 5. The summed E-state index contributed by atoms with van der Waals surface area (Å²) in [7, 11) is 1.39. The predicted molar refractivity (Wildman–Crippen MR) is 108 cm³/mol. The first-order chi connectivity index (χ1) is 13.7. The number of amides is 1. The van der Waals surface area contributed by atoms with Gasteiger partial charge in [-0.15, -0.1) is 0 Å². The van der Waals surface area contributed by atoms with Crippen LogP contribution in [-0.4, -0.2) is 25.2 Å². The molecule has 0 fully saturated rings. The number of para-hydroxylation sites is 1. The van der Waals surface area contributed by atoms with Crippen LogP contribution in [0, 0.1) is 0 Å². The lowest BCUT2D eigenvalue weighted by molar-refractivity contribution is -0.140. The van der Waals surface area contributed by atoms with Crippen LogP contribution in [0.2, 0.25) is 0 Å². The Labute approximate surface area is 165 Å². The van der Waals surface area contributed by atoms with Crippen LogP contribution in [0.5, 0.6) is 11.5 Å². The van der Waals surface area contributed by atoms with Gasteiger partial charge in [0.2, 0.25) is 5.91 Å². The van der Waals surface area contributed by atoms with Crippen LogP contribution >= 0.6 is 0 Å². The Morgan fingerprint density at radius 1 is 0.893 bits per heavy atom. The zero-order chi connectivity index (χ0) is 20.0. The molecular weight excluding hydrogens is 356 g/mol. The molecule has 0 aromatic heterocycles. The number of ether oxygens (including phenoxy) is 2. The molecular formula is C22H26N2O4. The highest BCUT2D eigenvalue weighted by Crippen LogP contribution is 2.20. The Kier molecular flexibility index (Phi) is 9.27. The third-order valence-electron chi connectivity index (χ3n) is 4.02. The van der Waals surface area contributed by atoms with Crippen LogP contribution in [0.25, 0.3) is 0 Å². The molecule has 6 heteroatoms. The van der Waals surface area contributed by atoms with Crippen LogP contribution in [0.3, 0.4) is 0 Å². The van der Waals surface area contributed by atoms with Gasteiger partial charge >= 0.3 is 5.97 Å². The first kappa shape index (κ1) is 21.2. The second-order valence-corrected chi connectivity index (χ2v) is 6.27. The normalized spacial score (nSPS) is 10.6. The van der Waals surface area contributed by atoms with Crippen molar-refractivity contribution >= 4 is 18.1 Å². The monoisotopic (exact) mass is 382 g/mol. The van der Waals surface area contributed by atoms with Crippen LogP contribution in [-0.2, 0) is 14.3 Å². The summed E-state index contributed by atoms with van der Waals surface area (Å²) in [6.07, 6.45) is 5.81. The lowest BCUT2D eigenvalue weighted by Crippen LogP contribution is -2.16. The molecule has 0 unspecified atom stereocenters. The third-order valence-corrected chi connectivity index (χ3v) is 4.02. The molecule has 0 aliphatic rings. The lowest BCUT2D eigenvalue weighted by atomic mass is 10.1. The molecule has 0 aliphatic heterocycles. The fourth-order valence-electron chi connectivity index (χ4n) is 2.49. The summed E-state index contributed by atoms with van der Waals surface area (Å²) < 4.78 is 10.3. The van der Waals surface area contributed by atoms with Crippen molar-refractivity contribution in [1.29, 1.82) is 0 Å². The van der Waals surface area contributed by atoms with Crippen molar-refractivity contribution in [1.82, 2.24) is 5.43 Å². The molecule has 1 N–H and O–H groups in total. The summed E-state index contributed by atoms with van der Waals surface area (Å²) in [6, 6.07) is 17.0. The van der Waals surface area contributed by atoms with Crippen LogP contribution < -0.4 is 10.2 Å². The Balaban J connectivity index is 1.62. The largest absolute Gasteiger partial charge is 0.469 e. The van der Waals surface area contributed by atoms with Gasteiger partial charge in [0.1, 0.15) is 11.5 Å². The smallest absolute Gasteiger partial charge is 0.305 e. The van der Waals surface area contributed by atoms with Gasteiger partial charge in [0.05, 0.1) is 13.3 Å². The Morgan fingerprint density at radius 2 is 1.54 bits per heavy atom. The molecule has 2 aromatic rings. The fourth-order valence-corrected chi connectivity index (χ4v) is 2.49. The zero-order valence-corrected chi connectivity index (χ0v) is 16.1. The number of unbranched alkanes of at least 4 members (excludes halogenated alkanes) is 3. The number of nitrogens with zero attached hydrogens (tertiary/aromatic N) is 1. The van der Waals surface area contributed by atoms with Gasteiger partial charge in [-0.1, -0.05) is 31.0 Å². The van der Waals surface area contributed by atoms with E-state index >= 15 is 0 Å². The molecule has 148 valence electrons. The average molecular weight is 382 g/mol. The van der Waals surface area contributed by atoms with E-state index in [-0.39, 0.29) is 11.9 Å². The molecule has 0 atom stereocenters. The van der Waals surface area contributed by atoms with Crippen molar-refractivity contribution in [2.24, 2.45) is 5.10 Å². The van der Waals surface area contributed by atoms with Gasteiger partial charge < -0.3 is 9.47 Å². The molecule has 1 amide bonds. The number of nitrogens with one attached hydrogen (secondary N) is 1. The van der Waals surface area contributed by atoms with E-state index in [1.165, 1.54) is 7.11 Å². The summed E-state index contributed by atoms with van der Waals surface area (Å²) in [5.41, 5.74) is 3.39. The molecule has 0 aliphatic carbocycles. The molecule has 0 heterocycles. The second-order valence-electron chi connectivity index (χ2n) is 6.27. The van der Waals surface area contributed by atoms with Crippen LogP contribution in [0.15, 0.2) is 59.7 Å². The van der Waals surface area contributed by atoms with Crippen molar-refractivity contribution in [3.05, 3.63) is 60.2 Å². The average Bonchev–Trinajstić information content (AvgIpc) is 2.72. The van der Waals surface area contributed by atoms with Crippen molar-refractivity contribution < 1.29 is 19.1 Å². The summed E-state index contributed by atoms with van der Waals surface area (Å²) in [5, 5.41) is 3.98. The molecule has 0 spiro atoms. The van der Waals surface area contributed by atoms with E-state index in [2.05, 4.69) is 15.3 Å². The standard InChI is InChI=1S/C22H26N2O4/c1-27-22(26)12-8-3-2-7-11-21(25)24-23-17-18-13-15-20(16-14-18)28-19-9-5-4-6-10-19/h4-6,9-10,13-17H,2-3,7-8,11-12H2,1H3,(H,24,25)/b23-17+. The SMILES string of the molecule is COC(=O)CCCCCCC(=O)N/N=C/c1ccc(Oc2ccccc2)cc1. The summed E-state index contributed by atoms with van der Waals surface area (Å²) >= 11 is 0. The first-order valence-corrected chi connectivity index (χ1v) is 9.39. The number of carbonyl (C=O) groups excluding carboxylic acids is 2. The number of rotatable bonds is 11. The van der Waals surface area contributed by atoms with Gasteiger partial charge in [0.15, 0.2) is 0 Å². The number of esters is 1. The lowest BCUT2D eigenvalue weighted by Gasteiger charge is -2.05. The minimum absolute atomic E-state index is 0.117. The topological polar surface area (TPSA) is 77.0 Å². The van der Waals surface area contributed by atoms with Gasteiger partial charge in [0.25, 0.3) is 0 Å². The number of carbonyl (C=O) groups is 2. The number of hydrazone groups is 1. The van der Waals surface area contributed by atoms with E-state index in [0.717, 1.165) is 42.7 Å². The molecule has 6 nitrogen and oxygen atoms in total. The van der Waals surface area contributed by atoms with E-state index in [4.69, 9.17) is 4.74 Å². The molecule has 2 aromatic carbocycles. The third kappa shape index (κ3) is 8.49. The number of hydrogen-bond donors (Lipinski definition) is 1. The van der Waals surface area contributed by atoms with E-state index in [0.29, 0.717) is 12.8 Å². The summed E-state index contributed by atoms with van der Waals surface area (Å²) in [5.74, 6) is 1.21. The minimum atomic E-state index is -0.188. The highest BCUT2D eigenvalue weighted by Gasteiger charge is 2.02. The van der Waals surface area contributed by atoms with Gasteiger partial charge in [-0.2, -0.15) is 5.10 Å². The van der Waals surface area contributed by atoms with E-state index in [1.807, 2.05) is 54.6 Å². The van der Waals surface area contributed by atoms with Crippen molar-refractivity contribution in [2.45, 2.75) is 38.5 Å². The molecule has 0 radical (unpaired) electrons. The maximum absolute atomic E-state index is 11.8. The molecule has 0 saturated heterocycles. The molecule has 0 bridgehead atoms. The van der Waals surface area contributed by atoms with Gasteiger partial charge in [0, 0.05) is 12.8 Å². The summed E-state index contributed by atoms with van der Waals surface area (Å²) in [4.78, 5) is 22.7. The Hall–Kier alpha value is -3.15. The molecule has 0 saturated carbocycles.